The van der Waals surface area contributed by atoms with E-state index in [2.05, 4.69) is 20.2 Å². The molecule has 1 fully saturated rings. The average Bonchev–Trinajstić information content (AvgIpc) is 2.57. The topological polar surface area (TPSA) is 78.4 Å². The van der Waals surface area contributed by atoms with Crippen LogP contribution in [-0.4, -0.2) is 64.2 Å². The Morgan fingerprint density at radius 3 is 2.57 bits per heavy atom. The van der Waals surface area contributed by atoms with E-state index in [1.165, 1.54) is 11.8 Å². The van der Waals surface area contributed by atoms with E-state index in [1.54, 1.807) is 6.07 Å². The molecule has 156 valence electrons. The summed E-state index contributed by atoms with van der Waals surface area (Å²) in [5.41, 5.74) is -0.394. The van der Waals surface area contributed by atoms with Crippen LogP contribution < -0.4 is 10.2 Å². The van der Waals surface area contributed by atoms with E-state index in [4.69, 9.17) is 11.6 Å². The first kappa shape index (κ1) is 22.7. The van der Waals surface area contributed by atoms with Gasteiger partial charge in [-0.3, -0.25) is 9.59 Å². The van der Waals surface area contributed by atoms with Crippen LogP contribution in [0.2, 0.25) is 5.15 Å². The molecule has 1 N–H and O–H groups in total. The summed E-state index contributed by atoms with van der Waals surface area (Å²) < 4.78 is 0. The Balaban J connectivity index is 2.05. The van der Waals surface area contributed by atoms with Crippen LogP contribution in [0.5, 0.6) is 0 Å². The Labute approximate surface area is 176 Å². The van der Waals surface area contributed by atoms with Gasteiger partial charge in [-0.2, -0.15) is 0 Å². The average molecular weight is 428 g/mol. The number of carbonyl (C=O) groups excluding carboxylic acids is 2. The van der Waals surface area contributed by atoms with Crippen LogP contribution in [-0.2, 0) is 9.59 Å². The van der Waals surface area contributed by atoms with Gasteiger partial charge in [-0.25, -0.2) is 9.97 Å². The molecule has 1 atom stereocenters. The zero-order valence-electron chi connectivity index (χ0n) is 17.5. The van der Waals surface area contributed by atoms with E-state index in [1.807, 2.05) is 46.4 Å². The maximum absolute atomic E-state index is 12.6. The Hall–Kier alpha value is -1.54. The molecule has 0 radical (unpaired) electrons. The number of piperazine rings is 1. The highest BCUT2D eigenvalue weighted by atomic mass is 35.5. The molecule has 0 saturated carbocycles. The van der Waals surface area contributed by atoms with Gasteiger partial charge < -0.3 is 15.1 Å². The lowest BCUT2D eigenvalue weighted by Crippen LogP contribution is -2.56. The molecule has 1 saturated heterocycles. The molecular weight excluding hydrogens is 398 g/mol. The largest absolute Gasteiger partial charge is 0.353 e. The van der Waals surface area contributed by atoms with Crippen LogP contribution in [0.25, 0.3) is 0 Å². The molecular formula is C19H30ClN5O2S. The zero-order chi connectivity index (χ0) is 21.1. The highest BCUT2D eigenvalue weighted by Crippen LogP contribution is 2.26. The number of nitrogens with zero attached hydrogens (tertiary/aromatic N) is 4. The van der Waals surface area contributed by atoms with Crippen molar-refractivity contribution in [3.63, 3.8) is 0 Å². The summed E-state index contributed by atoms with van der Waals surface area (Å²) in [5, 5.41) is 3.66. The third-order valence-electron chi connectivity index (χ3n) is 4.30. The highest BCUT2D eigenvalue weighted by Gasteiger charge is 2.34. The molecule has 7 nitrogen and oxygen atoms in total. The summed E-state index contributed by atoms with van der Waals surface area (Å²) in [6.45, 7) is 13.7. The first-order valence-electron chi connectivity index (χ1n) is 9.50. The summed E-state index contributed by atoms with van der Waals surface area (Å²) in [7, 11) is 0. The van der Waals surface area contributed by atoms with Crippen LogP contribution in [0, 0.1) is 5.41 Å². The second-order valence-corrected chi connectivity index (χ2v) is 9.72. The molecule has 1 aromatic heterocycles. The molecule has 1 aromatic rings. The maximum Gasteiger partial charge on any atom is 0.230 e. The van der Waals surface area contributed by atoms with Gasteiger partial charge in [0.05, 0.1) is 5.75 Å². The Bertz CT molecular complexity index is 723. The van der Waals surface area contributed by atoms with E-state index in [0.29, 0.717) is 29.9 Å². The number of amides is 2. The first-order chi connectivity index (χ1) is 13.0. The summed E-state index contributed by atoms with van der Waals surface area (Å²) in [6, 6.07) is 1.90. The quantitative estimate of drug-likeness (QED) is 0.442. The SMILES string of the molecule is CC(C)NC(=O)CSc1nc(Cl)cc(N2CCN(C(=O)C(C)(C)C)C(C)C2)n1. The standard InChI is InChI=1S/C19H30ClN5O2S/c1-12(2)21-16(26)11-28-18-22-14(20)9-15(23-18)24-7-8-25(13(3)10-24)17(27)19(4,5)6/h9,12-13H,7-8,10-11H2,1-6H3,(H,21,26). The minimum atomic E-state index is -0.394. The molecule has 28 heavy (non-hydrogen) atoms. The number of carbonyl (C=O) groups is 2. The fourth-order valence-electron chi connectivity index (χ4n) is 3.00. The first-order valence-corrected chi connectivity index (χ1v) is 10.9. The van der Waals surface area contributed by atoms with Crippen LogP contribution in [0.4, 0.5) is 5.82 Å². The van der Waals surface area contributed by atoms with Crippen LogP contribution in [0.15, 0.2) is 11.2 Å². The van der Waals surface area contributed by atoms with Crippen molar-refractivity contribution in [1.82, 2.24) is 20.2 Å². The minimum absolute atomic E-state index is 0.0620. The van der Waals surface area contributed by atoms with Gasteiger partial charge in [0.2, 0.25) is 11.8 Å². The summed E-state index contributed by atoms with van der Waals surface area (Å²) in [4.78, 5) is 37.3. The zero-order valence-corrected chi connectivity index (χ0v) is 19.0. The number of hydrogen-bond acceptors (Lipinski definition) is 6. The van der Waals surface area contributed by atoms with Gasteiger partial charge in [0, 0.05) is 43.2 Å². The van der Waals surface area contributed by atoms with Gasteiger partial charge in [-0.15, -0.1) is 0 Å². The molecule has 2 amide bonds. The maximum atomic E-state index is 12.6. The number of halogens is 1. The van der Waals surface area contributed by atoms with Crippen molar-refractivity contribution in [3.8, 4) is 0 Å². The predicted octanol–water partition coefficient (Wildman–Crippen LogP) is 2.83. The van der Waals surface area contributed by atoms with Crippen LogP contribution in [0.3, 0.4) is 0 Å². The highest BCUT2D eigenvalue weighted by molar-refractivity contribution is 7.99. The monoisotopic (exact) mass is 427 g/mol. The minimum Gasteiger partial charge on any atom is -0.353 e. The van der Waals surface area contributed by atoms with Crippen LogP contribution in [0.1, 0.15) is 41.5 Å². The van der Waals surface area contributed by atoms with Crippen molar-refractivity contribution < 1.29 is 9.59 Å². The lowest BCUT2D eigenvalue weighted by atomic mass is 9.93. The summed E-state index contributed by atoms with van der Waals surface area (Å²) >= 11 is 7.45. The van der Waals surface area contributed by atoms with E-state index in [-0.39, 0.29) is 29.7 Å². The van der Waals surface area contributed by atoms with E-state index >= 15 is 0 Å². The van der Waals surface area contributed by atoms with Crippen molar-refractivity contribution in [2.45, 2.75) is 58.8 Å². The van der Waals surface area contributed by atoms with E-state index in [9.17, 15) is 9.59 Å². The van der Waals surface area contributed by atoms with Gasteiger partial charge in [0.1, 0.15) is 11.0 Å². The number of aromatic nitrogens is 2. The lowest BCUT2D eigenvalue weighted by molar-refractivity contribution is -0.142. The Kier molecular flexibility index (Phi) is 7.56. The second kappa shape index (κ2) is 9.31. The molecule has 1 aliphatic heterocycles. The van der Waals surface area contributed by atoms with Crippen molar-refractivity contribution >= 4 is 41.0 Å². The third-order valence-corrected chi connectivity index (χ3v) is 5.34. The number of nitrogens with one attached hydrogen (secondary N) is 1. The van der Waals surface area contributed by atoms with Crippen molar-refractivity contribution in [1.29, 1.82) is 0 Å². The number of hydrogen-bond donors (Lipinski definition) is 1. The van der Waals surface area contributed by atoms with Crippen molar-refractivity contribution in [2.75, 3.05) is 30.3 Å². The fourth-order valence-corrected chi connectivity index (χ4v) is 3.90. The second-order valence-electron chi connectivity index (χ2n) is 8.39. The summed E-state index contributed by atoms with van der Waals surface area (Å²) in [5.74, 6) is 1.06. The number of thioether (sulfide) groups is 1. The molecule has 1 aliphatic rings. The Morgan fingerprint density at radius 1 is 1.32 bits per heavy atom. The van der Waals surface area contributed by atoms with Gasteiger partial charge in [0.25, 0.3) is 0 Å². The van der Waals surface area contributed by atoms with Gasteiger partial charge in [0.15, 0.2) is 5.16 Å². The molecule has 2 rings (SSSR count). The van der Waals surface area contributed by atoms with Crippen molar-refractivity contribution in [3.05, 3.63) is 11.2 Å². The van der Waals surface area contributed by atoms with Crippen molar-refractivity contribution in [2.24, 2.45) is 5.41 Å². The van der Waals surface area contributed by atoms with Crippen LogP contribution >= 0.6 is 23.4 Å². The lowest BCUT2D eigenvalue weighted by Gasteiger charge is -2.42. The smallest absolute Gasteiger partial charge is 0.230 e. The third kappa shape index (κ3) is 6.24. The van der Waals surface area contributed by atoms with Gasteiger partial charge >= 0.3 is 0 Å². The molecule has 9 heteroatoms. The molecule has 0 bridgehead atoms. The summed E-state index contributed by atoms with van der Waals surface area (Å²) in [6.07, 6.45) is 0. The Morgan fingerprint density at radius 2 is 2.00 bits per heavy atom. The molecule has 1 unspecified atom stereocenters. The van der Waals surface area contributed by atoms with E-state index < -0.39 is 5.41 Å². The molecule has 0 spiro atoms. The normalized spacial score (nSPS) is 17.8. The number of rotatable bonds is 5. The van der Waals surface area contributed by atoms with Gasteiger partial charge in [-0.05, 0) is 20.8 Å². The number of anilines is 1. The molecule has 0 aliphatic carbocycles. The fraction of sp³-hybridized carbons (Fsp3) is 0.684. The van der Waals surface area contributed by atoms with Gasteiger partial charge in [-0.1, -0.05) is 44.1 Å². The molecule has 0 aromatic carbocycles. The molecule has 2 heterocycles. The predicted molar refractivity (Wildman–Crippen MR) is 114 cm³/mol. The van der Waals surface area contributed by atoms with E-state index in [0.717, 1.165) is 5.82 Å².